The largest absolute Gasteiger partial charge is 0.282 e. The summed E-state index contributed by atoms with van der Waals surface area (Å²) in [4.78, 5) is 4.16. The first kappa shape index (κ1) is 10.5. The molecule has 2 rings (SSSR count). The summed E-state index contributed by atoms with van der Waals surface area (Å²) in [5.74, 6) is 0. The summed E-state index contributed by atoms with van der Waals surface area (Å²) in [7, 11) is -0.251. The molecule has 15 heavy (non-hydrogen) atoms. The van der Waals surface area contributed by atoms with Gasteiger partial charge in [0.15, 0.2) is 0 Å². The summed E-state index contributed by atoms with van der Waals surface area (Å²) in [6.07, 6.45) is 1.69. The van der Waals surface area contributed by atoms with E-state index < -0.39 is 10.2 Å². The van der Waals surface area contributed by atoms with E-state index in [0.29, 0.717) is 13.1 Å². The van der Waals surface area contributed by atoms with Gasteiger partial charge in [-0.15, -0.1) is 0 Å². The molecule has 0 saturated heterocycles. The fourth-order valence-electron chi connectivity index (χ4n) is 1.56. The Bertz CT molecular complexity index is 445. The monoisotopic (exact) mass is 227 g/mol. The van der Waals surface area contributed by atoms with Crippen molar-refractivity contribution < 1.29 is 8.42 Å². The second-order valence-corrected chi connectivity index (χ2v) is 5.81. The molecule has 0 bridgehead atoms. The lowest BCUT2D eigenvalue weighted by atomic mass is 10.2. The molecular weight excluding hydrogens is 214 g/mol. The van der Waals surface area contributed by atoms with Crippen LogP contribution in [0.2, 0.25) is 0 Å². The lowest BCUT2D eigenvalue weighted by molar-refractivity contribution is 0.386. The van der Waals surface area contributed by atoms with E-state index >= 15 is 0 Å². The molecule has 2 heterocycles. The smallest absolute Gasteiger partial charge is 0.260 e. The molecule has 0 radical (unpaired) electrons. The van der Waals surface area contributed by atoms with E-state index in [4.69, 9.17) is 0 Å². The van der Waals surface area contributed by atoms with Gasteiger partial charge >= 0.3 is 0 Å². The fourth-order valence-corrected chi connectivity index (χ4v) is 2.61. The highest BCUT2D eigenvalue weighted by Crippen LogP contribution is 2.23. The highest BCUT2D eigenvalue weighted by Gasteiger charge is 2.31. The number of hydrogen-bond acceptors (Lipinski definition) is 3. The van der Waals surface area contributed by atoms with Crippen LogP contribution in [-0.2, 0) is 23.3 Å². The van der Waals surface area contributed by atoms with E-state index in [9.17, 15) is 8.42 Å². The van der Waals surface area contributed by atoms with Crippen molar-refractivity contribution in [1.82, 2.24) is 13.6 Å². The van der Waals surface area contributed by atoms with Crippen molar-refractivity contribution in [2.45, 2.75) is 13.1 Å². The van der Waals surface area contributed by atoms with Gasteiger partial charge in [-0.2, -0.15) is 17.0 Å². The molecule has 0 aliphatic carbocycles. The number of aromatic nitrogens is 1. The van der Waals surface area contributed by atoms with Gasteiger partial charge in [0.2, 0.25) is 0 Å². The lowest BCUT2D eigenvalue weighted by Gasteiger charge is -2.19. The predicted octanol–water partition coefficient (Wildman–Crippen LogP) is 0.204. The summed E-state index contributed by atoms with van der Waals surface area (Å²) in [6, 6.07) is 3.73. The Morgan fingerprint density at radius 3 is 2.73 bits per heavy atom. The van der Waals surface area contributed by atoms with Gasteiger partial charge in [0.05, 0.1) is 12.2 Å². The molecule has 0 N–H and O–H groups in total. The molecule has 1 aliphatic rings. The third-order valence-corrected chi connectivity index (χ3v) is 4.28. The fraction of sp³-hybridized carbons (Fsp3) is 0.444. The zero-order valence-corrected chi connectivity index (χ0v) is 9.53. The van der Waals surface area contributed by atoms with Crippen molar-refractivity contribution in [3.05, 3.63) is 29.6 Å². The van der Waals surface area contributed by atoms with Crippen LogP contribution in [0.3, 0.4) is 0 Å². The van der Waals surface area contributed by atoms with Crippen LogP contribution in [0.25, 0.3) is 0 Å². The second-order valence-electron chi connectivity index (χ2n) is 3.67. The van der Waals surface area contributed by atoms with Crippen LogP contribution in [0.5, 0.6) is 0 Å². The molecule has 0 fully saturated rings. The van der Waals surface area contributed by atoms with Gasteiger partial charge in [-0.25, -0.2) is 0 Å². The summed E-state index contributed by atoms with van der Waals surface area (Å²) >= 11 is 0. The topological polar surface area (TPSA) is 53.5 Å². The number of fused-ring (bicyclic) bond motifs is 1. The summed E-state index contributed by atoms with van der Waals surface area (Å²) in [6.45, 7) is 0.792. The van der Waals surface area contributed by atoms with Crippen LogP contribution in [0.4, 0.5) is 0 Å². The zero-order chi connectivity index (χ0) is 11.1. The first-order valence-electron chi connectivity index (χ1n) is 4.62. The molecule has 1 aliphatic heterocycles. The number of pyridine rings is 1. The molecule has 0 spiro atoms. The van der Waals surface area contributed by atoms with Crippen LogP contribution >= 0.6 is 0 Å². The highest BCUT2D eigenvalue weighted by molar-refractivity contribution is 7.86. The summed E-state index contributed by atoms with van der Waals surface area (Å²) in [5.41, 5.74) is 1.84. The number of hydrogen-bond donors (Lipinski definition) is 0. The molecular formula is C9H13N3O2S. The van der Waals surface area contributed by atoms with Crippen molar-refractivity contribution >= 4 is 10.2 Å². The average Bonchev–Trinajstić information content (AvgIpc) is 2.61. The Hall–Kier alpha value is -0.980. The van der Waals surface area contributed by atoms with Crippen LogP contribution < -0.4 is 0 Å². The Kier molecular flexibility index (Phi) is 2.49. The van der Waals surface area contributed by atoms with Crippen LogP contribution in [0, 0.1) is 0 Å². The maximum Gasteiger partial charge on any atom is 0.282 e. The summed E-state index contributed by atoms with van der Waals surface area (Å²) < 4.78 is 26.3. The molecule has 0 saturated carbocycles. The van der Waals surface area contributed by atoms with E-state index in [0.717, 1.165) is 11.3 Å². The normalized spacial score (nSPS) is 17.0. The number of nitrogens with zero attached hydrogens (tertiary/aromatic N) is 3. The van der Waals surface area contributed by atoms with Crippen molar-refractivity contribution in [3.63, 3.8) is 0 Å². The molecule has 0 unspecified atom stereocenters. The molecule has 82 valence electrons. The Morgan fingerprint density at radius 2 is 2.13 bits per heavy atom. The highest BCUT2D eigenvalue weighted by atomic mass is 32.2. The van der Waals surface area contributed by atoms with Crippen molar-refractivity contribution in [1.29, 1.82) is 0 Å². The van der Waals surface area contributed by atoms with E-state index in [1.807, 2.05) is 12.1 Å². The molecule has 5 nitrogen and oxygen atoms in total. The third kappa shape index (κ3) is 1.75. The van der Waals surface area contributed by atoms with E-state index in [-0.39, 0.29) is 0 Å². The predicted molar refractivity (Wildman–Crippen MR) is 56.1 cm³/mol. The van der Waals surface area contributed by atoms with E-state index in [1.165, 1.54) is 22.7 Å². The van der Waals surface area contributed by atoms with Gasteiger partial charge in [0.1, 0.15) is 0 Å². The lowest BCUT2D eigenvalue weighted by Crippen LogP contribution is -2.36. The van der Waals surface area contributed by atoms with Crippen molar-refractivity contribution in [2.24, 2.45) is 0 Å². The van der Waals surface area contributed by atoms with Crippen LogP contribution in [-0.4, -0.2) is 36.1 Å². The molecule has 0 atom stereocenters. The van der Waals surface area contributed by atoms with Gasteiger partial charge < -0.3 is 0 Å². The third-order valence-electron chi connectivity index (χ3n) is 2.45. The molecule has 1 aromatic heterocycles. The average molecular weight is 227 g/mol. The van der Waals surface area contributed by atoms with E-state index in [2.05, 4.69) is 4.98 Å². The van der Waals surface area contributed by atoms with Crippen LogP contribution in [0.1, 0.15) is 11.3 Å². The van der Waals surface area contributed by atoms with Crippen LogP contribution in [0.15, 0.2) is 18.3 Å². The molecule has 0 amide bonds. The first-order valence-corrected chi connectivity index (χ1v) is 6.02. The molecule has 6 heteroatoms. The molecule has 1 aromatic rings. The maximum atomic E-state index is 11.8. The van der Waals surface area contributed by atoms with Gasteiger partial charge in [-0.05, 0) is 11.6 Å². The second kappa shape index (κ2) is 3.55. The Morgan fingerprint density at radius 1 is 1.40 bits per heavy atom. The van der Waals surface area contributed by atoms with Gasteiger partial charge in [0, 0.05) is 26.8 Å². The standard InChI is InChI=1S/C9H13N3O2S/c1-11(2)15(13,14)12-6-8-4-3-5-10-9(8)7-12/h3-5H,6-7H2,1-2H3. The molecule has 0 aromatic carbocycles. The van der Waals surface area contributed by atoms with E-state index in [1.54, 1.807) is 6.20 Å². The minimum absolute atomic E-state index is 0.372. The van der Waals surface area contributed by atoms with Gasteiger partial charge in [-0.3, -0.25) is 4.98 Å². The van der Waals surface area contributed by atoms with Gasteiger partial charge in [0.25, 0.3) is 10.2 Å². The number of rotatable bonds is 2. The summed E-state index contributed by atoms with van der Waals surface area (Å²) in [5, 5.41) is 0. The minimum Gasteiger partial charge on any atom is -0.260 e. The van der Waals surface area contributed by atoms with Crippen molar-refractivity contribution in [3.8, 4) is 0 Å². The van der Waals surface area contributed by atoms with Gasteiger partial charge in [-0.1, -0.05) is 6.07 Å². The maximum absolute atomic E-state index is 11.8. The zero-order valence-electron chi connectivity index (χ0n) is 8.71. The van der Waals surface area contributed by atoms with Crippen molar-refractivity contribution in [2.75, 3.05) is 14.1 Å². The SMILES string of the molecule is CN(C)S(=O)(=O)N1Cc2cccnc2C1. The Labute approximate surface area is 89.5 Å². The first-order chi connectivity index (χ1) is 7.01. The Balaban J connectivity index is 2.28. The minimum atomic E-state index is -3.32. The quantitative estimate of drug-likeness (QED) is 0.725.